The van der Waals surface area contributed by atoms with E-state index in [9.17, 15) is 0 Å². The predicted octanol–water partition coefficient (Wildman–Crippen LogP) is 1.86. The molecule has 0 radical (unpaired) electrons. The molecule has 0 saturated heterocycles. The number of rotatable bonds is 5. The Hall–Kier alpha value is -1.81. The Morgan fingerprint density at radius 3 is 2.82 bits per heavy atom. The van der Waals surface area contributed by atoms with Crippen molar-refractivity contribution in [3.63, 3.8) is 0 Å². The van der Waals surface area contributed by atoms with Crippen LogP contribution in [0.15, 0.2) is 42.7 Å². The number of nitrogens with zero attached hydrogens (tertiary/aromatic N) is 2. The van der Waals surface area contributed by atoms with Crippen LogP contribution in [0.2, 0.25) is 0 Å². The molecule has 1 unspecified atom stereocenters. The molecule has 17 heavy (non-hydrogen) atoms. The molecule has 1 atom stereocenters. The summed E-state index contributed by atoms with van der Waals surface area (Å²) in [6.45, 7) is 2.71. The van der Waals surface area contributed by atoms with Gasteiger partial charge in [-0.15, -0.1) is 0 Å². The second-order valence-electron chi connectivity index (χ2n) is 3.96. The van der Waals surface area contributed by atoms with E-state index in [0.29, 0.717) is 12.6 Å². The van der Waals surface area contributed by atoms with Crippen LogP contribution in [0.25, 0.3) is 5.69 Å². The van der Waals surface area contributed by atoms with Crippen LogP contribution >= 0.6 is 0 Å². The fourth-order valence-electron chi connectivity index (χ4n) is 1.41. The third-order valence-corrected chi connectivity index (χ3v) is 2.57. The number of para-hydroxylation sites is 1. The van der Waals surface area contributed by atoms with E-state index in [2.05, 4.69) is 17.3 Å². The van der Waals surface area contributed by atoms with Crippen LogP contribution in [0, 0.1) is 0 Å². The van der Waals surface area contributed by atoms with Crippen molar-refractivity contribution in [1.29, 1.82) is 0 Å². The molecule has 90 valence electrons. The van der Waals surface area contributed by atoms with E-state index in [4.69, 9.17) is 4.74 Å². The molecule has 0 saturated carbocycles. The van der Waals surface area contributed by atoms with Crippen molar-refractivity contribution in [3.8, 4) is 11.4 Å². The molecule has 2 rings (SSSR count). The number of nitrogens with one attached hydrogen (secondary N) is 1. The van der Waals surface area contributed by atoms with Crippen molar-refractivity contribution in [1.82, 2.24) is 15.1 Å². The van der Waals surface area contributed by atoms with Gasteiger partial charge in [0.15, 0.2) is 5.75 Å². The van der Waals surface area contributed by atoms with E-state index in [1.54, 1.807) is 10.9 Å². The molecular formula is C13H17N3O. The largest absolute Gasteiger partial charge is 0.489 e. The van der Waals surface area contributed by atoms with Crippen molar-refractivity contribution in [2.75, 3.05) is 13.7 Å². The number of ether oxygens (including phenoxy) is 1. The summed E-state index contributed by atoms with van der Waals surface area (Å²) in [6, 6.07) is 10.3. The zero-order valence-corrected chi connectivity index (χ0v) is 10.1. The molecule has 0 aliphatic rings. The lowest BCUT2D eigenvalue weighted by Gasteiger charge is -2.09. The Morgan fingerprint density at radius 1 is 1.35 bits per heavy atom. The summed E-state index contributed by atoms with van der Waals surface area (Å²) in [5.74, 6) is 0.788. The van der Waals surface area contributed by atoms with Gasteiger partial charge < -0.3 is 10.1 Å². The predicted molar refractivity (Wildman–Crippen MR) is 67.6 cm³/mol. The maximum Gasteiger partial charge on any atom is 0.157 e. The van der Waals surface area contributed by atoms with Crippen molar-refractivity contribution in [2.45, 2.75) is 13.0 Å². The zero-order chi connectivity index (χ0) is 12.1. The number of hydrogen-bond acceptors (Lipinski definition) is 3. The molecule has 0 fully saturated rings. The van der Waals surface area contributed by atoms with Crippen LogP contribution in [0.5, 0.6) is 5.75 Å². The molecular weight excluding hydrogens is 214 g/mol. The van der Waals surface area contributed by atoms with E-state index in [1.165, 1.54) is 0 Å². The van der Waals surface area contributed by atoms with Gasteiger partial charge in [0, 0.05) is 6.04 Å². The number of hydrogen-bond donors (Lipinski definition) is 1. The van der Waals surface area contributed by atoms with Gasteiger partial charge in [0.1, 0.15) is 6.61 Å². The Balaban J connectivity index is 2.01. The van der Waals surface area contributed by atoms with Crippen LogP contribution in [0.3, 0.4) is 0 Å². The van der Waals surface area contributed by atoms with Gasteiger partial charge in [-0.1, -0.05) is 18.2 Å². The lowest BCUT2D eigenvalue weighted by atomic mass is 10.3. The summed E-state index contributed by atoms with van der Waals surface area (Å²) in [4.78, 5) is 0. The van der Waals surface area contributed by atoms with Gasteiger partial charge in [-0.05, 0) is 26.1 Å². The molecule has 0 aliphatic carbocycles. The minimum absolute atomic E-state index is 0.329. The Morgan fingerprint density at radius 2 is 2.12 bits per heavy atom. The first-order valence-corrected chi connectivity index (χ1v) is 5.70. The normalized spacial score (nSPS) is 12.4. The summed E-state index contributed by atoms with van der Waals surface area (Å²) in [5.41, 5.74) is 1.03. The highest BCUT2D eigenvalue weighted by Gasteiger charge is 2.03. The first kappa shape index (κ1) is 11.7. The molecule has 4 nitrogen and oxygen atoms in total. The summed E-state index contributed by atoms with van der Waals surface area (Å²) in [7, 11) is 1.92. The van der Waals surface area contributed by atoms with Crippen LogP contribution < -0.4 is 10.1 Å². The van der Waals surface area contributed by atoms with Crippen molar-refractivity contribution < 1.29 is 4.74 Å². The van der Waals surface area contributed by atoms with Crippen molar-refractivity contribution >= 4 is 0 Å². The summed E-state index contributed by atoms with van der Waals surface area (Å²) < 4.78 is 7.42. The average Bonchev–Trinajstić information content (AvgIpc) is 2.86. The molecule has 2 aromatic rings. The molecule has 1 N–H and O–H groups in total. The van der Waals surface area contributed by atoms with Crippen LogP contribution in [0.4, 0.5) is 0 Å². The zero-order valence-electron chi connectivity index (χ0n) is 10.1. The number of benzene rings is 1. The van der Waals surface area contributed by atoms with E-state index in [-0.39, 0.29) is 0 Å². The van der Waals surface area contributed by atoms with E-state index >= 15 is 0 Å². The highest BCUT2D eigenvalue weighted by molar-refractivity contribution is 5.32. The van der Waals surface area contributed by atoms with Gasteiger partial charge in [-0.3, -0.25) is 0 Å². The molecule has 4 heteroatoms. The maximum absolute atomic E-state index is 5.61. The first-order chi connectivity index (χ1) is 8.29. The number of aromatic nitrogens is 2. The highest BCUT2D eigenvalue weighted by Crippen LogP contribution is 2.13. The summed E-state index contributed by atoms with van der Waals surface area (Å²) >= 11 is 0. The second kappa shape index (κ2) is 5.50. The molecule has 0 amide bonds. The fraction of sp³-hybridized carbons (Fsp3) is 0.308. The van der Waals surface area contributed by atoms with Gasteiger partial charge in [0.05, 0.1) is 18.1 Å². The summed E-state index contributed by atoms with van der Waals surface area (Å²) in [5, 5.41) is 7.38. The van der Waals surface area contributed by atoms with Crippen LogP contribution in [-0.2, 0) is 0 Å². The summed E-state index contributed by atoms with van der Waals surface area (Å²) in [6.07, 6.45) is 3.62. The van der Waals surface area contributed by atoms with E-state index in [1.807, 2.05) is 43.6 Å². The smallest absolute Gasteiger partial charge is 0.157 e. The SMILES string of the molecule is CNC(C)COc1cnn(-c2ccccc2)c1. The lowest BCUT2D eigenvalue weighted by Crippen LogP contribution is -2.28. The Bertz CT molecular complexity index is 453. The van der Waals surface area contributed by atoms with Crippen LogP contribution in [0.1, 0.15) is 6.92 Å². The molecule has 0 bridgehead atoms. The molecule has 1 heterocycles. The molecule has 0 aliphatic heterocycles. The minimum Gasteiger partial charge on any atom is -0.489 e. The second-order valence-corrected chi connectivity index (χ2v) is 3.96. The fourth-order valence-corrected chi connectivity index (χ4v) is 1.41. The average molecular weight is 231 g/mol. The quantitative estimate of drug-likeness (QED) is 0.853. The van der Waals surface area contributed by atoms with Crippen molar-refractivity contribution in [3.05, 3.63) is 42.7 Å². The standard InChI is InChI=1S/C13H17N3O/c1-11(14-2)10-17-13-8-15-16(9-13)12-6-4-3-5-7-12/h3-9,11,14H,10H2,1-2H3. The van der Waals surface area contributed by atoms with Gasteiger partial charge in [-0.2, -0.15) is 5.10 Å². The molecule has 1 aromatic carbocycles. The van der Waals surface area contributed by atoms with Gasteiger partial charge in [0.2, 0.25) is 0 Å². The minimum atomic E-state index is 0.329. The topological polar surface area (TPSA) is 39.1 Å². The monoisotopic (exact) mass is 231 g/mol. The van der Waals surface area contributed by atoms with Crippen molar-refractivity contribution in [2.24, 2.45) is 0 Å². The van der Waals surface area contributed by atoms with Crippen LogP contribution in [-0.4, -0.2) is 29.5 Å². The van der Waals surface area contributed by atoms with Gasteiger partial charge >= 0.3 is 0 Å². The molecule has 0 spiro atoms. The number of likely N-dealkylation sites (N-methyl/N-ethyl adjacent to an activating group) is 1. The lowest BCUT2D eigenvalue weighted by molar-refractivity contribution is 0.280. The van der Waals surface area contributed by atoms with Gasteiger partial charge in [0.25, 0.3) is 0 Å². The third kappa shape index (κ3) is 3.07. The Kier molecular flexibility index (Phi) is 3.77. The van der Waals surface area contributed by atoms with E-state index < -0.39 is 0 Å². The van der Waals surface area contributed by atoms with Gasteiger partial charge in [-0.25, -0.2) is 4.68 Å². The third-order valence-electron chi connectivity index (χ3n) is 2.57. The first-order valence-electron chi connectivity index (χ1n) is 5.70. The highest BCUT2D eigenvalue weighted by atomic mass is 16.5. The van der Waals surface area contributed by atoms with E-state index in [0.717, 1.165) is 11.4 Å². The maximum atomic E-state index is 5.61. The molecule has 1 aromatic heterocycles. The Labute approximate surface area is 101 Å².